The number of hydrogen-bond acceptors (Lipinski definition) is 2. The largest absolute Gasteiger partial charge is 0.383 e. The molecule has 1 heterocycles. The number of nitrogens with zero attached hydrogens (tertiary/aromatic N) is 2. The summed E-state index contributed by atoms with van der Waals surface area (Å²) in [7, 11) is 0. The van der Waals surface area contributed by atoms with Crippen molar-refractivity contribution in [3.05, 3.63) is 35.7 Å². The molecule has 2 N–H and O–H groups in total. The van der Waals surface area contributed by atoms with E-state index in [1.165, 1.54) is 18.2 Å². The molecule has 0 amide bonds. The van der Waals surface area contributed by atoms with Crippen LogP contribution in [0.25, 0.3) is 11.3 Å². The maximum atomic E-state index is 13.6. The Bertz CT molecular complexity index is 541. The molecule has 0 fully saturated rings. The predicted octanol–water partition coefficient (Wildman–Crippen LogP) is 2.74. The summed E-state index contributed by atoms with van der Waals surface area (Å²) in [5.41, 5.74) is 5.85. The molecule has 90 valence electrons. The normalized spacial score (nSPS) is 10.8. The Kier molecular flexibility index (Phi) is 2.83. The number of aryl methyl sites for hydroxylation is 1. The maximum Gasteiger partial charge on any atom is 0.135 e. The summed E-state index contributed by atoms with van der Waals surface area (Å²) in [4.78, 5) is 4.13. The molecule has 3 nitrogen and oxygen atoms in total. The Morgan fingerprint density at radius 3 is 2.35 bits per heavy atom. The Hall–Kier alpha value is -1.91. The number of imidazole rings is 1. The van der Waals surface area contributed by atoms with Crippen molar-refractivity contribution in [2.24, 2.45) is 0 Å². The zero-order valence-corrected chi connectivity index (χ0v) is 9.67. The summed E-state index contributed by atoms with van der Waals surface area (Å²) in [6.07, 6.45) is 0. The van der Waals surface area contributed by atoms with Crippen LogP contribution in [0.3, 0.4) is 0 Å². The molecule has 0 aliphatic heterocycles. The van der Waals surface area contributed by atoms with Crippen molar-refractivity contribution in [2.45, 2.75) is 20.4 Å². The van der Waals surface area contributed by atoms with Crippen molar-refractivity contribution < 1.29 is 8.78 Å². The van der Waals surface area contributed by atoms with Gasteiger partial charge in [0.25, 0.3) is 0 Å². The lowest BCUT2D eigenvalue weighted by atomic mass is 10.1. The van der Waals surface area contributed by atoms with E-state index in [0.717, 1.165) is 0 Å². The number of nitrogen functional groups attached to an aromatic ring is 1. The molecule has 17 heavy (non-hydrogen) atoms. The SMILES string of the molecule is CCn1c(C)nc(-c2c(F)cccc2F)c1N. The number of nitrogens with two attached hydrogens (primary N) is 1. The molecule has 1 aromatic carbocycles. The average molecular weight is 237 g/mol. The fourth-order valence-corrected chi connectivity index (χ4v) is 1.89. The van der Waals surface area contributed by atoms with E-state index >= 15 is 0 Å². The first-order valence-corrected chi connectivity index (χ1v) is 5.33. The van der Waals surface area contributed by atoms with Crippen LogP contribution in [-0.2, 0) is 6.54 Å². The number of aromatic nitrogens is 2. The molecule has 0 saturated heterocycles. The fraction of sp³-hybridized carbons (Fsp3) is 0.250. The van der Waals surface area contributed by atoms with Gasteiger partial charge in [0.1, 0.15) is 29.0 Å². The van der Waals surface area contributed by atoms with Crippen LogP contribution in [-0.4, -0.2) is 9.55 Å². The highest BCUT2D eigenvalue weighted by Gasteiger charge is 2.19. The molecule has 0 saturated carbocycles. The molecule has 1 aromatic heterocycles. The highest BCUT2D eigenvalue weighted by molar-refractivity contribution is 5.72. The van der Waals surface area contributed by atoms with Gasteiger partial charge < -0.3 is 10.3 Å². The van der Waals surface area contributed by atoms with E-state index in [9.17, 15) is 8.78 Å². The van der Waals surface area contributed by atoms with Crippen LogP contribution in [0.1, 0.15) is 12.7 Å². The Labute approximate surface area is 97.9 Å². The van der Waals surface area contributed by atoms with Crippen LogP contribution < -0.4 is 5.73 Å². The lowest BCUT2D eigenvalue weighted by Gasteiger charge is -2.05. The van der Waals surface area contributed by atoms with Crippen LogP contribution in [0.5, 0.6) is 0 Å². The van der Waals surface area contributed by atoms with Crippen molar-refractivity contribution in [1.82, 2.24) is 9.55 Å². The van der Waals surface area contributed by atoms with Crippen LogP contribution in [0.15, 0.2) is 18.2 Å². The molecular weight excluding hydrogens is 224 g/mol. The molecule has 5 heteroatoms. The number of anilines is 1. The van der Waals surface area contributed by atoms with Crippen LogP contribution in [0, 0.1) is 18.6 Å². The summed E-state index contributed by atoms with van der Waals surface area (Å²) in [5.74, 6) is -0.383. The van der Waals surface area contributed by atoms with Crippen molar-refractivity contribution in [3.63, 3.8) is 0 Å². The van der Waals surface area contributed by atoms with Crippen molar-refractivity contribution in [2.75, 3.05) is 5.73 Å². The number of rotatable bonds is 2. The molecule has 0 aliphatic rings. The van der Waals surface area contributed by atoms with Gasteiger partial charge in [-0.15, -0.1) is 0 Å². The summed E-state index contributed by atoms with van der Waals surface area (Å²) in [6, 6.07) is 3.70. The third-order valence-electron chi connectivity index (χ3n) is 2.71. The lowest BCUT2D eigenvalue weighted by Crippen LogP contribution is -2.03. The Morgan fingerprint density at radius 1 is 1.29 bits per heavy atom. The van der Waals surface area contributed by atoms with E-state index in [-0.39, 0.29) is 17.1 Å². The summed E-state index contributed by atoms with van der Waals surface area (Å²) >= 11 is 0. The monoisotopic (exact) mass is 237 g/mol. The standard InChI is InChI=1S/C12H13F2N3/c1-3-17-7(2)16-11(12(17)15)10-8(13)5-4-6-9(10)14/h4-6H,3,15H2,1-2H3. The molecule has 2 rings (SSSR count). The second-order valence-corrected chi connectivity index (χ2v) is 3.73. The zero-order chi connectivity index (χ0) is 12.6. The van der Waals surface area contributed by atoms with E-state index in [0.29, 0.717) is 12.4 Å². The molecule has 0 spiro atoms. The van der Waals surface area contributed by atoms with Gasteiger partial charge in [-0.1, -0.05) is 6.07 Å². The van der Waals surface area contributed by atoms with Crippen LogP contribution >= 0.6 is 0 Å². The molecule has 0 radical (unpaired) electrons. The molecule has 0 aliphatic carbocycles. The second kappa shape index (κ2) is 4.16. The maximum absolute atomic E-state index is 13.6. The van der Waals surface area contributed by atoms with Crippen LogP contribution in [0.4, 0.5) is 14.6 Å². The van der Waals surface area contributed by atoms with Gasteiger partial charge >= 0.3 is 0 Å². The third-order valence-corrected chi connectivity index (χ3v) is 2.71. The van der Waals surface area contributed by atoms with E-state index in [1.807, 2.05) is 6.92 Å². The van der Waals surface area contributed by atoms with Gasteiger partial charge in [0.2, 0.25) is 0 Å². The van der Waals surface area contributed by atoms with E-state index in [1.54, 1.807) is 11.5 Å². The van der Waals surface area contributed by atoms with Crippen molar-refractivity contribution in [3.8, 4) is 11.3 Å². The summed E-state index contributed by atoms with van der Waals surface area (Å²) < 4.78 is 28.9. The fourth-order valence-electron chi connectivity index (χ4n) is 1.89. The van der Waals surface area contributed by atoms with Gasteiger partial charge in [-0.25, -0.2) is 13.8 Å². The minimum Gasteiger partial charge on any atom is -0.383 e. The minimum atomic E-state index is -0.655. The first kappa shape index (κ1) is 11.6. The second-order valence-electron chi connectivity index (χ2n) is 3.73. The van der Waals surface area contributed by atoms with E-state index in [4.69, 9.17) is 5.73 Å². The van der Waals surface area contributed by atoms with Gasteiger partial charge in [-0.05, 0) is 26.0 Å². The molecule has 0 bridgehead atoms. The zero-order valence-electron chi connectivity index (χ0n) is 9.67. The van der Waals surface area contributed by atoms with Gasteiger partial charge in [0, 0.05) is 6.54 Å². The lowest BCUT2D eigenvalue weighted by molar-refractivity contribution is 0.589. The first-order chi connectivity index (χ1) is 8.06. The predicted molar refractivity (Wildman–Crippen MR) is 62.4 cm³/mol. The first-order valence-electron chi connectivity index (χ1n) is 5.33. The number of benzene rings is 1. The minimum absolute atomic E-state index is 0.166. The van der Waals surface area contributed by atoms with Crippen molar-refractivity contribution in [1.29, 1.82) is 0 Å². The van der Waals surface area contributed by atoms with Crippen LogP contribution in [0.2, 0.25) is 0 Å². The van der Waals surface area contributed by atoms with Crippen molar-refractivity contribution >= 4 is 5.82 Å². The van der Waals surface area contributed by atoms with Gasteiger partial charge in [0.15, 0.2) is 0 Å². The molecule has 0 unspecified atom stereocenters. The quantitative estimate of drug-likeness (QED) is 0.872. The highest BCUT2D eigenvalue weighted by atomic mass is 19.1. The summed E-state index contributed by atoms with van der Waals surface area (Å²) in [5, 5.41) is 0. The third kappa shape index (κ3) is 1.77. The van der Waals surface area contributed by atoms with E-state index < -0.39 is 11.6 Å². The topological polar surface area (TPSA) is 43.8 Å². The van der Waals surface area contributed by atoms with Gasteiger partial charge in [-0.2, -0.15) is 0 Å². The number of hydrogen-bond donors (Lipinski definition) is 1. The highest BCUT2D eigenvalue weighted by Crippen LogP contribution is 2.30. The average Bonchev–Trinajstić information content (AvgIpc) is 2.54. The summed E-state index contributed by atoms with van der Waals surface area (Å²) in [6.45, 7) is 4.26. The van der Waals surface area contributed by atoms with Gasteiger partial charge in [-0.3, -0.25) is 0 Å². The number of halogens is 2. The molecule has 0 atom stereocenters. The smallest absolute Gasteiger partial charge is 0.135 e. The van der Waals surface area contributed by atoms with Gasteiger partial charge in [0.05, 0.1) is 5.56 Å². The Morgan fingerprint density at radius 2 is 1.88 bits per heavy atom. The Balaban J connectivity index is 2.69. The molecule has 2 aromatic rings. The molecular formula is C12H13F2N3. The van der Waals surface area contributed by atoms with E-state index in [2.05, 4.69) is 4.98 Å².